The van der Waals surface area contributed by atoms with Crippen molar-refractivity contribution < 1.29 is 27.5 Å². The normalized spacial score (nSPS) is 15.5. The molecule has 1 aliphatic rings. The maximum atomic E-state index is 13.8. The number of amides is 2. The highest BCUT2D eigenvalue weighted by atomic mass is 35.5. The van der Waals surface area contributed by atoms with Gasteiger partial charge < -0.3 is 25.6 Å². The van der Waals surface area contributed by atoms with Crippen molar-refractivity contribution in [3.63, 3.8) is 0 Å². The standard InChI is InChI=1S/C31H34ClF3N4O3/c1-3-22-19-38(30(41)24-11-10-21(32)18-25(24)31(33,34)35)16-17-39(22)26-13-12-23(20-8-6-5-7-9-20)28(42-4-2)27(26)29(40)37-15-14-36/h5-13,18,22H,3-4,14-17,19,36H2,1-2H3,(H,37,40)/t22-/m1/s1. The van der Waals surface area contributed by atoms with Gasteiger partial charge in [0.2, 0.25) is 0 Å². The Bertz CT molecular complexity index is 1420. The molecule has 42 heavy (non-hydrogen) atoms. The lowest BCUT2D eigenvalue weighted by Gasteiger charge is -2.43. The highest BCUT2D eigenvalue weighted by Gasteiger charge is 2.38. The molecule has 2 amide bonds. The Morgan fingerprint density at radius 2 is 1.81 bits per heavy atom. The van der Waals surface area contributed by atoms with E-state index in [2.05, 4.69) is 5.32 Å². The fourth-order valence-corrected chi connectivity index (χ4v) is 5.43. The quantitative estimate of drug-likeness (QED) is 0.321. The van der Waals surface area contributed by atoms with Crippen molar-refractivity contribution in [1.82, 2.24) is 10.2 Å². The Kier molecular flexibility index (Phi) is 10.0. The van der Waals surface area contributed by atoms with Crippen molar-refractivity contribution in [1.29, 1.82) is 0 Å². The van der Waals surface area contributed by atoms with Gasteiger partial charge in [-0.3, -0.25) is 9.59 Å². The molecule has 0 spiro atoms. The fourth-order valence-electron chi connectivity index (χ4n) is 5.26. The zero-order valence-electron chi connectivity index (χ0n) is 23.5. The minimum atomic E-state index is -4.73. The Morgan fingerprint density at radius 3 is 2.45 bits per heavy atom. The van der Waals surface area contributed by atoms with Gasteiger partial charge in [-0.1, -0.05) is 48.9 Å². The van der Waals surface area contributed by atoms with Gasteiger partial charge in [0.15, 0.2) is 0 Å². The molecule has 7 nitrogen and oxygen atoms in total. The Balaban J connectivity index is 1.73. The zero-order valence-corrected chi connectivity index (χ0v) is 24.3. The smallest absolute Gasteiger partial charge is 0.417 e. The van der Waals surface area contributed by atoms with E-state index in [1.54, 1.807) is 0 Å². The molecule has 0 saturated carbocycles. The summed E-state index contributed by atoms with van der Waals surface area (Å²) >= 11 is 5.82. The van der Waals surface area contributed by atoms with E-state index in [-0.39, 0.29) is 43.2 Å². The number of alkyl halides is 3. The first kappa shape index (κ1) is 31.2. The van der Waals surface area contributed by atoms with Crippen molar-refractivity contribution >= 4 is 29.1 Å². The molecule has 3 aromatic rings. The van der Waals surface area contributed by atoms with E-state index in [4.69, 9.17) is 22.1 Å². The van der Waals surface area contributed by atoms with Crippen LogP contribution >= 0.6 is 11.6 Å². The van der Waals surface area contributed by atoms with Crippen LogP contribution in [0.15, 0.2) is 60.7 Å². The molecule has 0 unspecified atom stereocenters. The molecule has 3 N–H and O–H groups in total. The summed E-state index contributed by atoms with van der Waals surface area (Å²) in [7, 11) is 0. The maximum absolute atomic E-state index is 13.8. The molecular weight excluding hydrogens is 569 g/mol. The van der Waals surface area contributed by atoms with E-state index in [9.17, 15) is 22.8 Å². The van der Waals surface area contributed by atoms with E-state index >= 15 is 0 Å². The van der Waals surface area contributed by atoms with Crippen molar-refractivity contribution in [3.8, 4) is 16.9 Å². The zero-order chi connectivity index (χ0) is 30.4. The van der Waals surface area contributed by atoms with E-state index in [0.717, 1.165) is 23.3 Å². The summed E-state index contributed by atoms with van der Waals surface area (Å²) in [5.74, 6) is -0.631. The predicted molar refractivity (Wildman–Crippen MR) is 158 cm³/mol. The lowest BCUT2D eigenvalue weighted by molar-refractivity contribution is -0.138. The summed E-state index contributed by atoms with van der Waals surface area (Å²) in [6.45, 7) is 5.25. The first-order valence-electron chi connectivity index (χ1n) is 13.9. The average molecular weight is 603 g/mol. The summed E-state index contributed by atoms with van der Waals surface area (Å²) in [6.07, 6.45) is -4.16. The number of carbonyl (C=O) groups is 2. The number of anilines is 1. The molecule has 1 fully saturated rings. The fraction of sp³-hybridized carbons (Fsp3) is 0.355. The molecule has 1 saturated heterocycles. The number of nitrogens with zero attached hydrogens (tertiary/aromatic N) is 2. The number of piperazine rings is 1. The monoisotopic (exact) mass is 602 g/mol. The lowest BCUT2D eigenvalue weighted by Crippen LogP contribution is -2.55. The number of rotatable bonds is 9. The number of nitrogens with two attached hydrogens (primary N) is 1. The SMILES string of the molecule is CCOc1c(-c2ccccc2)ccc(N2CCN(C(=O)c3ccc(Cl)cc3C(F)(F)F)C[C@H]2CC)c1C(=O)NCCN. The van der Waals surface area contributed by atoms with Gasteiger partial charge in [0.25, 0.3) is 11.8 Å². The minimum absolute atomic E-state index is 0.0976. The van der Waals surface area contributed by atoms with Gasteiger partial charge in [-0.2, -0.15) is 13.2 Å². The number of hydrogen-bond donors (Lipinski definition) is 2. The number of carbonyl (C=O) groups excluding carboxylic acids is 2. The highest BCUT2D eigenvalue weighted by molar-refractivity contribution is 6.30. The van der Waals surface area contributed by atoms with Gasteiger partial charge in [0.05, 0.1) is 23.4 Å². The molecule has 1 aliphatic heterocycles. The predicted octanol–water partition coefficient (Wildman–Crippen LogP) is 5.85. The average Bonchev–Trinajstić information content (AvgIpc) is 2.99. The van der Waals surface area contributed by atoms with Crippen molar-refractivity contribution in [2.75, 3.05) is 44.2 Å². The van der Waals surface area contributed by atoms with Crippen LogP contribution in [0.2, 0.25) is 5.02 Å². The molecular formula is C31H34ClF3N4O3. The van der Waals surface area contributed by atoms with Gasteiger partial charge in [0, 0.05) is 49.4 Å². The number of benzene rings is 3. The highest BCUT2D eigenvalue weighted by Crippen LogP contribution is 2.41. The number of halogens is 4. The molecule has 1 atom stereocenters. The third kappa shape index (κ3) is 6.65. The minimum Gasteiger partial charge on any atom is -0.492 e. The summed E-state index contributed by atoms with van der Waals surface area (Å²) in [5, 5.41) is 2.76. The Hall–Kier alpha value is -3.76. The molecule has 0 radical (unpaired) electrons. The first-order valence-corrected chi connectivity index (χ1v) is 14.2. The Morgan fingerprint density at radius 1 is 1.07 bits per heavy atom. The van der Waals surface area contributed by atoms with Crippen LogP contribution in [0.5, 0.6) is 5.75 Å². The summed E-state index contributed by atoms with van der Waals surface area (Å²) < 4.78 is 47.3. The molecule has 4 rings (SSSR count). The third-order valence-corrected chi connectivity index (χ3v) is 7.47. The first-order chi connectivity index (χ1) is 20.1. The molecule has 1 heterocycles. The van der Waals surface area contributed by atoms with Crippen LogP contribution in [0.25, 0.3) is 11.1 Å². The lowest BCUT2D eigenvalue weighted by atomic mass is 9.96. The summed E-state index contributed by atoms with van der Waals surface area (Å²) in [5.41, 5.74) is 6.76. The molecule has 3 aromatic carbocycles. The van der Waals surface area contributed by atoms with Crippen molar-refractivity contribution in [2.45, 2.75) is 32.5 Å². The molecule has 224 valence electrons. The molecule has 0 aliphatic carbocycles. The summed E-state index contributed by atoms with van der Waals surface area (Å²) in [4.78, 5) is 30.5. The van der Waals surface area contributed by atoms with E-state index < -0.39 is 23.2 Å². The number of ether oxygens (including phenoxy) is 1. The molecule has 0 aromatic heterocycles. The van der Waals surface area contributed by atoms with Crippen molar-refractivity contribution in [2.24, 2.45) is 5.73 Å². The van der Waals surface area contributed by atoms with Crippen LogP contribution in [-0.2, 0) is 6.18 Å². The van der Waals surface area contributed by atoms with E-state index in [1.807, 2.05) is 61.2 Å². The van der Waals surface area contributed by atoms with Gasteiger partial charge >= 0.3 is 6.18 Å². The van der Waals surface area contributed by atoms with Crippen LogP contribution in [0.4, 0.5) is 18.9 Å². The van der Waals surface area contributed by atoms with Crippen LogP contribution in [0, 0.1) is 0 Å². The van der Waals surface area contributed by atoms with Crippen molar-refractivity contribution in [3.05, 3.63) is 82.4 Å². The summed E-state index contributed by atoms with van der Waals surface area (Å²) in [6, 6.07) is 16.3. The van der Waals surface area contributed by atoms with Crippen LogP contribution in [-0.4, -0.2) is 62.1 Å². The third-order valence-electron chi connectivity index (χ3n) is 7.23. The van der Waals surface area contributed by atoms with Gasteiger partial charge in [-0.05, 0) is 49.2 Å². The second-order valence-electron chi connectivity index (χ2n) is 9.87. The van der Waals surface area contributed by atoms with Gasteiger partial charge in [-0.15, -0.1) is 0 Å². The largest absolute Gasteiger partial charge is 0.492 e. The number of hydrogen-bond acceptors (Lipinski definition) is 5. The topological polar surface area (TPSA) is 87.9 Å². The van der Waals surface area contributed by atoms with E-state index in [0.29, 0.717) is 36.6 Å². The van der Waals surface area contributed by atoms with Gasteiger partial charge in [-0.25, -0.2) is 0 Å². The number of nitrogens with one attached hydrogen (secondary N) is 1. The van der Waals surface area contributed by atoms with Crippen LogP contribution < -0.4 is 20.7 Å². The van der Waals surface area contributed by atoms with Gasteiger partial charge in [0.1, 0.15) is 11.3 Å². The van der Waals surface area contributed by atoms with Crippen LogP contribution in [0.1, 0.15) is 46.5 Å². The van der Waals surface area contributed by atoms with Crippen LogP contribution in [0.3, 0.4) is 0 Å². The Labute approximate surface area is 248 Å². The maximum Gasteiger partial charge on any atom is 0.417 e. The molecule has 11 heteroatoms. The van der Waals surface area contributed by atoms with E-state index in [1.165, 1.54) is 11.0 Å². The second-order valence-corrected chi connectivity index (χ2v) is 10.3. The molecule has 0 bridgehead atoms. The second kappa shape index (κ2) is 13.5.